The zero-order valence-electron chi connectivity index (χ0n) is 15.5. The number of aromatic nitrogens is 1. The highest BCUT2D eigenvalue weighted by Gasteiger charge is 2.26. The summed E-state index contributed by atoms with van der Waals surface area (Å²) in [6.45, 7) is 0. The van der Waals surface area contributed by atoms with Crippen LogP contribution >= 0.6 is 27.3 Å². The second-order valence-corrected chi connectivity index (χ2v) is 8.72. The number of hydrogen-bond donors (Lipinski definition) is 2. The third-order valence-corrected chi connectivity index (χ3v) is 5.87. The molecule has 0 aliphatic rings. The van der Waals surface area contributed by atoms with E-state index in [0.717, 1.165) is 15.9 Å². The number of benzene rings is 1. The summed E-state index contributed by atoms with van der Waals surface area (Å²) in [6.07, 6.45) is 0.141. The minimum Gasteiger partial charge on any atom is -0.467 e. The van der Waals surface area contributed by atoms with E-state index >= 15 is 0 Å². The largest absolute Gasteiger partial charge is 0.467 e. The number of pyridine rings is 1. The lowest BCUT2D eigenvalue weighted by atomic mass is 10.1. The van der Waals surface area contributed by atoms with Gasteiger partial charge in [0, 0.05) is 17.0 Å². The van der Waals surface area contributed by atoms with E-state index in [1.54, 1.807) is 12.1 Å². The standard InChI is InChI=1S/C20H15BrF2N2O4S/c1-29-20(28)17(15-6-7-16(21)30-15)25-19(27)12-4-3-11(24-18(12)26)8-10-2-5-13(22)14(23)9-10/h2-7,9,17H,8H2,1H3,(H,24,26)(H,25,27). The number of hydrogen-bond acceptors (Lipinski definition) is 5. The maximum absolute atomic E-state index is 13.3. The summed E-state index contributed by atoms with van der Waals surface area (Å²) >= 11 is 4.54. The molecule has 2 aromatic heterocycles. The van der Waals surface area contributed by atoms with Crippen molar-refractivity contribution in [2.24, 2.45) is 0 Å². The van der Waals surface area contributed by atoms with E-state index in [2.05, 4.69) is 26.2 Å². The number of aromatic amines is 1. The summed E-state index contributed by atoms with van der Waals surface area (Å²) in [5.41, 5.74) is -0.0119. The van der Waals surface area contributed by atoms with Crippen LogP contribution in [0.1, 0.15) is 32.5 Å². The summed E-state index contributed by atoms with van der Waals surface area (Å²) in [5, 5.41) is 2.50. The van der Waals surface area contributed by atoms with Crippen LogP contribution in [0.5, 0.6) is 0 Å². The molecule has 1 amide bonds. The molecule has 30 heavy (non-hydrogen) atoms. The van der Waals surface area contributed by atoms with Gasteiger partial charge in [-0.25, -0.2) is 13.6 Å². The Morgan fingerprint density at radius 1 is 1.17 bits per heavy atom. The van der Waals surface area contributed by atoms with E-state index in [9.17, 15) is 23.2 Å². The average molecular weight is 497 g/mol. The number of thiophene rings is 1. The summed E-state index contributed by atoms with van der Waals surface area (Å²) in [7, 11) is 1.20. The van der Waals surface area contributed by atoms with Gasteiger partial charge in [-0.2, -0.15) is 0 Å². The van der Waals surface area contributed by atoms with Crippen molar-refractivity contribution < 1.29 is 23.1 Å². The van der Waals surface area contributed by atoms with Crippen molar-refractivity contribution in [1.29, 1.82) is 0 Å². The number of H-pyrrole nitrogens is 1. The molecular formula is C20H15BrF2N2O4S. The highest BCUT2D eigenvalue weighted by Crippen LogP contribution is 2.28. The number of carbonyl (C=O) groups excluding carboxylic acids is 2. The van der Waals surface area contributed by atoms with Crippen molar-refractivity contribution in [3.63, 3.8) is 0 Å². The highest BCUT2D eigenvalue weighted by atomic mass is 79.9. The first-order chi connectivity index (χ1) is 14.3. The first kappa shape index (κ1) is 21.8. The molecule has 0 aliphatic carbocycles. The molecule has 0 bridgehead atoms. The third kappa shape index (κ3) is 5.00. The Morgan fingerprint density at radius 2 is 1.93 bits per heavy atom. The molecule has 3 rings (SSSR count). The number of nitrogens with one attached hydrogen (secondary N) is 2. The van der Waals surface area contributed by atoms with Gasteiger partial charge in [0.15, 0.2) is 17.7 Å². The van der Waals surface area contributed by atoms with Crippen LogP contribution in [0, 0.1) is 11.6 Å². The predicted molar refractivity (Wildman–Crippen MR) is 110 cm³/mol. The topological polar surface area (TPSA) is 88.3 Å². The van der Waals surface area contributed by atoms with E-state index in [0.29, 0.717) is 16.1 Å². The normalized spacial score (nSPS) is 11.7. The molecule has 10 heteroatoms. The fourth-order valence-electron chi connectivity index (χ4n) is 2.72. The van der Waals surface area contributed by atoms with Gasteiger partial charge in [0.25, 0.3) is 11.5 Å². The molecular weight excluding hydrogens is 482 g/mol. The lowest BCUT2D eigenvalue weighted by Crippen LogP contribution is -2.36. The Bertz CT molecular complexity index is 1160. The number of methoxy groups -OCH3 is 1. The lowest BCUT2D eigenvalue weighted by molar-refractivity contribution is -0.143. The number of halogens is 3. The van der Waals surface area contributed by atoms with Gasteiger partial charge < -0.3 is 15.0 Å². The minimum absolute atomic E-state index is 0.141. The molecule has 6 nitrogen and oxygen atoms in total. The van der Waals surface area contributed by atoms with E-state index in [1.807, 2.05) is 0 Å². The Balaban J connectivity index is 1.79. The SMILES string of the molecule is COC(=O)C(NC(=O)c1ccc(Cc2ccc(F)c(F)c2)[nH]c1=O)c1ccc(Br)s1. The third-order valence-electron chi connectivity index (χ3n) is 4.18. The molecule has 1 unspecified atom stereocenters. The number of ether oxygens (including phenoxy) is 1. The summed E-state index contributed by atoms with van der Waals surface area (Å²) in [4.78, 5) is 40.1. The van der Waals surface area contributed by atoms with E-state index < -0.39 is 35.1 Å². The molecule has 0 radical (unpaired) electrons. The predicted octanol–water partition coefficient (Wildman–Crippen LogP) is 3.71. The Morgan fingerprint density at radius 3 is 2.53 bits per heavy atom. The molecule has 156 valence electrons. The Hall–Kier alpha value is -2.85. The van der Waals surface area contributed by atoms with Crippen LogP contribution in [0.3, 0.4) is 0 Å². The quantitative estimate of drug-likeness (QED) is 0.509. The van der Waals surface area contributed by atoms with Crippen LogP contribution < -0.4 is 10.9 Å². The fraction of sp³-hybridized carbons (Fsp3) is 0.150. The van der Waals surface area contributed by atoms with Gasteiger partial charge in [0.2, 0.25) is 0 Å². The van der Waals surface area contributed by atoms with Gasteiger partial charge in [0.1, 0.15) is 5.56 Å². The summed E-state index contributed by atoms with van der Waals surface area (Å²) < 4.78 is 31.9. The molecule has 1 aromatic carbocycles. The number of esters is 1. The first-order valence-electron chi connectivity index (χ1n) is 8.58. The fourth-order valence-corrected chi connectivity index (χ4v) is 4.19. The molecule has 0 saturated heterocycles. The van der Waals surface area contributed by atoms with Gasteiger partial charge in [-0.3, -0.25) is 9.59 Å². The highest BCUT2D eigenvalue weighted by molar-refractivity contribution is 9.11. The van der Waals surface area contributed by atoms with Gasteiger partial charge in [-0.1, -0.05) is 6.07 Å². The van der Waals surface area contributed by atoms with E-state index in [-0.39, 0.29) is 12.0 Å². The number of amides is 1. The smallest absolute Gasteiger partial charge is 0.333 e. The van der Waals surface area contributed by atoms with Crippen LogP contribution in [0.4, 0.5) is 8.78 Å². The molecule has 0 spiro atoms. The molecule has 0 fully saturated rings. The summed E-state index contributed by atoms with van der Waals surface area (Å²) in [5.74, 6) is -3.38. The van der Waals surface area contributed by atoms with Crippen molar-refractivity contribution in [2.75, 3.05) is 7.11 Å². The van der Waals surface area contributed by atoms with Crippen LogP contribution in [-0.2, 0) is 16.0 Å². The maximum atomic E-state index is 13.3. The molecule has 0 saturated carbocycles. The van der Waals surface area contributed by atoms with Crippen molar-refractivity contribution in [3.8, 4) is 0 Å². The molecule has 0 aliphatic heterocycles. The van der Waals surface area contributed by atoms with Gasteiger partial charge in [-0.15, -0.1) is 11.3 Å². The van der Waals surface area contributed by atoms with Crippen LogP contribution in [0.15, 0.2) is 51.0 Å². The maximum Gasteiger partial charge on any atom is 0.333 e. The minimum atomic E-state index is -1.07. The van der Waals surface area contributed by atoms with Gasteiger partial charge >= 0.3 is 5.97 Å². The summed E-state index contributed by atoms with van der Waals surface area (Å²) in [6, 6.07) is 8.55. The van der Waals surface area contributed by atoms with Crippen molar-refractivity contribution in [1.82, 2.24) is 10.3 Å². The second-order valence-electron chi connectivity index (χ2n) is 6.22. The van der Waals surface area contributed by atoms with Gasteiger partial charge in [-0.05, 0) is 57.9 Å². The van der Waals surface area contributed by atoms with Crippen molar-refractivity contribution in [3.05, 3.63) is 89.9 Å². The molecule has 2 N–H and O–H groups in total. The van der Waals surface area contributed by atoms with Crippen LogP contribution in [-0.4, -0.2) is 24.0 Å². The van der Waals surface area contributed by atoms with Crippen LogP contribution in [0.25, 0.3) is 0 Å². The number of rotatable bonds is 6. The Labute approximate surface area is 182 Å². The van der Waals surface area contributed by atoms with Gasteiger partial charge in [0.05, 0.1) is 10.9 Å². The monoisotopic (exact) mass is 496 g/mol. The molecule has 3 aromatic rings. The number of carbonyl (C=O) groups is 2. The average Bonchev–Trinajstić information content (AvgIpc) is 3.14. The van der Waals surface area contributed by atoms with Crippen LogP contribution in [0.2, 0.25) is 0 Å². The van der Waals surface area contributed by atoms with Crippen molar-refractivity contribution >= 4 is 39.1 Å². The lowest BCUT2D eigenvalue weighted by Gasteiger charge is -2.15. The van der Waals surface area contributed by atoms with Crippen molar-refractivity contribution in [2.45, 2.75) is 12.5 Å². The van der Waals surface area contributed by atoms with E-state index in [1.165, 1.54) is 36.6 Å². The Kier molecular flexibility index (Phi) is 6.78. The molecule has 2 heterocycles. The molecule has 1 atom stereocenters. The first-order valence-corrected chi connectivity index (χ1v) is 10.2. The zero-order chi connectivity index (χ0) is 21.8. The van der Waals surface area contributed by atoms with E-state index in [4.69, 9.17) is 4.74 Å². The second kappa shape index (κ2) is 9.31. The zero-order valence-corrected chi connectivity index (χ0v) is 17.9.